The maximum atomic E-state index is 11.4. The molecule has 23 heavy (non-hydrogen) atoms. The fraction of sp³-hybridized carbons (Fsp3) is 0.353. The van der Waals surface area contributed by atoms with Crippen LogP contribution in [-0.2, 0) is 9.47 Å². The van der Waals surface area contributed by atoms with Crippen molar-refractivity contribution in [3.8, 4) is 0 Å². The van der Waals surface area contributed by atoms with E-state index in [1.807, 2.05) is 18.2 Å². The number of methoxy groups -OCH3 is 1. The van der Waals surface area contributed by atoms with Crippen molar-refractivity contribution in [2.75, 3.05) is 19.0 Å². The van der Waals surface area contributed by atoms with Crippen LogP contribution in [0.15, 0.2) is 42.5 Å². The second kappa shape index (κ2) is 7.19. The molecular weight excluding hydrogens is 294 g/mol. The van der Waals surface area contributed by atoms with Gasteiger partial charge in [0.15, 0.2) is 5.69 Å². The normalized spacial score (nSPS) is 20.7. The number of hydrogen-bond acceptors (Lipinski definition) is 6. The van der Waals surface area contributed by atoms with Gasteiger partial charge in [-0.1, -0.05) is 30.3 Å². The molecule has 2 atom stereocenters. The summed E-state index contributed by atoms with van der Waals surface area (Å²) in [4.78, 5) is 11.4. The average Bonchev–Trinajstić information content (AvgIpc) is 2.63. The smallest absolute Gasteiger partial charge is 0.358 e. The van der Waals surface area contributed by atoms with Gasteiger partial charge in [-0.25, -0.2) is 4.79 Å². The number of esters is 1. The predicted molar refractivity (Wildman–Crippen MR) is 85.2 cm³/mol. The standard InChI is InChI=1S/C17H19N3O3/c1-22-17(21)14-7-8-16(20-19-14)18-13-9-10-23-15(11-13)12-5-3-2-4-6-12/h2-8,13,15H,9-11H2,1H3,(H,18,20)/t13-,15-/m1/s1. The first kappa shape index (κ1) is 15.4. The van der Waals surface area contributed by atoms with Gasteiger partial charge in [0.05, 0.1) is 13.2 Å². The molecule has 1 saturated heterocycles. The first-order valence-electron chi connectivity index (χ1n) is 7.61. The summed E-state index contributed by atoms with van der Waals surface area (Å²) < 4.78 is 10.5. The summed E-state index contributed by atoms with van der Waals surface area (Å²) in [7, 11) is 1.32. The van der Waals surface area contributed by atoms with Crippen LogP contribution in [0, 0.1) is 0 Å². The van der Waals surface area contributed by atoms with Crippen LogP contribution in [0.25, 0.3) is 0 Å². The van der Waals surface area contributed by atoms with Crippen LogP contribution in [0.5, 0.6) is 0 Å². The molecule has 1 aromatic heterocycles. The second-order valence-electron chi connectivity index (χ2n) is 5.43. The highest BCUT2D eigenvalue weighted by Crippen LogP contribution is 2.29. The predicted octanol–water partition coefficient (Wildman–Crippen LogP) is 2.60. The Bertz CT molecular complexity index is 646. The van der Waals surface area contributed by atoms with Gasteiger partial charge in [-0.3, -0.25) is 0 Å². The molecular formula is C17H19N3O3. The topological polar surface area (TPSA) is 73.3 Å². The first-order valence-corrected chi connectivity index (χ1v) is 7.61. The monoisotopic (exact) mass is 313 g/mol. The highest BCUT2D eigenvalue weighted by molar-refractivity contribution is 5.86. The lowest BCUT2D eigenvalue weighted by atomic mass is 9.97. The van der Waals surface area contributed by atoms with Gasteiger partial charge in [0.25, 0.3) is 0 Å². The summed E-state index contributed by atoms with van der Waals surface area (Å²) in [6, 6.07) is 13.8. The number of anilines is 1. The molecule has 0 aliphatic carbocycles. The molecule has 1 aliphatic rings. The number of carbonyl (C=O) groups excluding carboxylic acids is 1. The zero-order chi connectivity index (χ0) is 16.1. The largest absolute Gasteiger partial charge is 0.464 e. The Morgan fingerprint density at radius 3 is 2.74 bits per heavy atom. The molecule has 6 heteroatoms. The highest BCUT2D eigenvalue weighted by atomic mass is 16.5. The van der Waals surface area contributed by atoms with Gasteiger partial charge >= 0.3 is 5.97 Å². The van der Waals surface area contributed by atoms with Crippen molar-refractivity contribution >= 4 is 11.8 Å². The lowest BCUT2D eigenvalue weighted by Crippen LogP contribution is -2.30. The Morgan fingerprint density at radius 1 is 1.22 bits per heavy atom. The van der Waals surface area contributed by atoms with Crippen LogP contribution < -0.4 is 5.32 Å². The minimum Gasteiger partial charge on any atom is -0.464 e. The third kappa shape index (κ3) is 3.84. The lowest BCUT2D eigenvalue weighted by molar-refractivity contribution is 0.00973. The van der Waals surface area contributed by atoms with E-state index in [0.717, 1.165) is 12.8 Å². The maximum Gasteiger partial charge on any atom is 0.358 e. The van der Waals surface area contributed by atoms with Gasteiger partial charge in [-0.15, -0.1) is 10.2 Å². The SMILES string of the molecule is COC(=O)c1ccc(N[C@@H]2CCO[C@@H](c3ccccc3)C2)nn1. The number of nitrogens with zero attached hydrogens (tertiary/aromatic N) is 2. The van der Waals surface area contributed by atoms with Gasteiger partial charge in [0, 0.05) is 12.6 Å². The van der Waals surface area contributed by atoms with Gasteiger partial charge in [0.1, 0.15) is 5.82 Å². The van der Waals surface area contributed by atoms with E-state index in [2.05, 4.69) is 32.4 Å². The van der Waals surface area contributed by atoms with Crippen LogP contribution in [0.4, 0.5) is 5.82 Å². The van der Waals surface area contributed by atoms with Crippen molar-refractivity contribution in [2.24, 2.45) is 0 Å². The average molecular weight is 313 g/mol. The number of ether oxygens (including phenoxy) is 2. The molecule has 1 N–H and O–H groups in total. The minimum absolute atomic E-state index is 0.0877. The third-order valence-corrected chi connectivity index (χ3v) is 3.87. The molecule has 0 amide bonds. The van der Waals surface area contributed by atoms with E-state index >= 15 is 0 Å². The molecule has 0 saturated carbocycles. The third-order valence-electron chi connectivity index (χ3n) is 3.87. The summed E-state index contributed by atoms with van der Waals surface area (Å²) in [5.74, 6) is 0.163. The van der Waals surface area contributed by atoms with E-state index in [0.29, 0.717) is 12.4 Å². The molecule has 1 aliphatic heterocycles. The fourth-order valence-electron chi connectivity index (χ4n) is 2.66. The van der Waals surface area contributed by atoms with E-state index in [9.17, 15) is 4.79 Å². The van der Waals surface area contributed by atoms with Crippen LogP contribution in [0.2, 0.25) is 0 Å². The summed E-state index contributed by atoms with van der Waals surface area (Å²) in [6.07, 6.45) is 1.86. The van der Waals surface area contributed by atoms with Crippen LogP contribution in [-0.4, -0.2) is 35.9 Å². The summed E-state index contributed by atoms with van der Waals surface area (Å²) in [6.45, 7) is 0.699. The maximum absolute atomic E-state index is 11.4. The molecule has 1 fully saturated rings. The first-order chi connectivity index (χ1) is 11.3. The highest BCUT2D eigenvalue weighted by Gasteiger charge is 2.24. The zero-order valence-corrected chi connectivity index (χ0v) is 12.9. The minimum atomic E-state index is -0.487. The number of hydrogen-bond donors (Lipinski definition) is 1. The fourth-order valence-corrected chi connectivity index (χ4v) is 2.66. The Balaban J connectivity index is 1.62. The molecule has 0 bridgehead atoms. The molecule has 1 aromatic carbocycles. The number of nitrogens with one attached hydrogen (secondary N) is 1. The van der Waals surface area contributed by atoms with Crippen molar-refractivity contribution in [1.82, 2.24) is 10.2 Å². The Labute approximate surface area is 134 Å². The van der Waals surface area contributed by atoms with Crippen molar-refractivity contribution in [3.05, 3.63) is 53.7 Å². The van der Waals surface area contributed by atoms with Gasteiger partial charge in [0.2, 0.25) is 0 Å². The summed E-state index contributed by atoms with van der Waals surface area (Å²) in [5.41, 5.74) is 1.39. The lowest BCUT2D eigenvalue weighted by Gasteiger charge is -2.30. The van der Waals surface area contributed by atoms with Crippen LogP contribution >= 0.6 is 0 Å². The molecule has 120 valence electrons. The van der Waals surface area contributed by atoms with Gasteiger partial charge in [-0.2, -0.15) is 0 Å². The molecule has 0 spiro atoms. The van der Waals surface area contributed by atoms with E-state index in [1.54, 1.807) is 12.1 Å². The van der Waals surface area contributed by atoms with Crippen molar-refractivity contribution in [3.63, 3.8) is 0 Å². The van der Waals surface area contributed by atoms with Gasteiger partial charge < -0.3 is 14.8 Å². The van der Waals surface area contributed by atoms with Crippen molar-refractivity contribution < 1.29 is 14.3 Å². The molecule has 6 nitrogen and oxygen atoms in total. The Kier molecular flexibility index (Phi) is 4.83. The summed E-state index contributed by atoms with van der Waals surface area (Å²) in [5, 5.41) is 11.3. The van der Waals surface area contributed by atoms with E-state index in [4.69, 9.17) is 4.74 Å². The van der Waals surface area contributed by atoms with Gasteiger partial charge in [-0.05, 0) is 30.5 Å². The summed E-state index contributed by atoms with van der Waals surface area (Å²) >= 11 is 0. The molecule has 2 heterocycles. The van der Waals surface area contributed by atoms with E-state index in [-0.39, 0.29) is 17.8 Å². The van der Waals surface area contributed by atoms with Crippen molar-refractivity contribution in [1.29, 1.82) is 0 Å². The Morgan fingerprint density at radius 2 is 2.04 bits per heavy atom. The van der Waals surface area contributed by atoms with E-state index in [1.165, 1.54) is 12.7 Å². The van der Waals surface area contributed by atoms with Crippen LogP contribution in [0.3, 0.4) is 0 Å². The zero-order valence-electron chi connectivity index (χ0n) is 12.9. The molecule has 0 radical (unpaired) electrons. The number of aromatic nitrogens is 2. The molecule has 0 unspecified atom stereocenters. The molecule has 3 rings (SSSR count). The molecule has 2 aromatic rings. The number of rotatable bonds is 4. The van der Waals surface area contributed by atoms with Crippen LogP contribution in [0.1, 0.15) is 35.0 Å². The number of carbonyl (C=O) groups is 1. The second-order valence-corrected chi connectivity index (χ2v) is 5.43. The Hall–Kier alpha value is -2.47. The van der Waals surface area contributed by atoms with Crippen molar-refractivity contribution in [2.45, 2.75) is 25.0 Å². The quantitative estimate of drug-likeness (QED) is 0.875. The number of benzene rings is 1. The van der Waals surface area contributed by atoms with E-state index < -0.39 is 5.97 Å².